The van der Waals surface area contributed by atoms with Crippen LogP contribution in [0.3, 0.4) is 0 Å². The highest BCUT2D eigenvalue weighted by Gasteiger charge is 2.06. The number of aryl methyl sites for hydroxylation is 1. The highest BCUT2D eigenvalue weighted by molar-refractivity contribution is 6.61. The Labute approximate surface area is 149 Å². The van der Waals surface area contributed by atoms with Crippen LogP contribution in [0.15, 0.2) is 18.2 Å². The van der Waals surface area contributed by atoms with E-state index in [4.69, 9.17) is 22.4 Å². The van der Waals surface area contributed by atoms with Gasteiger partial charge < -0.3 is 15.6 Å². The van der Waals surface area contributed by atoms with Gasteiger partial charge in [0.25, 0.3) is 0 Å². The number of ether oxygens (including phenoxy) is 1. The van der Waals surface area contributed by atoms with Gasteiger partial charge in [-0.2, -0.15) is 0 Å². The Hall–Kier alpha value is -1.75. The van der Waals surface area contributed by atoms with Crippen molar-refractivity contribution in [3.63, 3.8) is 0 Å². The van der Waals surface area contributed by atoms with E-state index in [2.05, 4.69) is 11.7 Å². The van der Waals surface area contributed by atoms with Crippen LogP contribution in [0.5, 0.6) is 0 Å². The molecule has 1 aromatic rings. The van der Waals surface area contributed by atoms with Gasteiger partial charge in [-0.05, 0) is 30.5 Å². The van der Waals surface area contributed by atoms with Crippen LogP contribution < -0.4 is 5.73 Å². The molecule has 0 fully saturated rings. The van der Waals surface area contributed by atoms with E-state index in [1.807, 2.05) is 6.92 Å². The molecule has 0 heterocycles. The van der Waals surface area contributed by atoms with Gasteiger partial charge in [0.1, 0.15) is 0 Å². The molecule has 0 saturated carbocycles. The van der Waals surface area contributed by atoms with E-state index in [0.29, 0.717) is 12.3 Å². The molecular weight excluding hydrogens is 330 g/mol. The predicted octanol–water partition coefficient (Wildman–Crippen LogP) is 5.25. The van der Waals surface area contributed by atoms with Crippen LogP contribution >= 0.6 is 11.6 Å². The molecule has 0 atom stereocenters. The lowest BCUT2D eigenvalue weighted by molar-refractivity contribution is 0.0698. The van der Waals surface area contributed by atoms with Crippen LogP contribution in [0.2, 0.25) is 0 Å². The van der Waals surface area contributed by atoms with Crippen molar-refractivity contribution >= 4 is 28.7 Å². The number of hydrogen-bond acceptors (Lipinski definition) is 4. The molecule has 1 aromatic carbocycles. The van der Waals surface area contributed by atoms with Crippen molar-refractivity contribution in [1.29, 1.82) is 0 Å². The number of halogens is 1. The molecule has 136 valence electrons. The Morgan fingerprint density at radius 2 is 1.75 bits per heavy atom. The molecule has 0 aliphatic rings. The third-order valence-electron chi connectivity index (χ3n) is 3.47. The number of nitrogens with two attached hydrogens (primary N) is 1. The Bertz CT molecular complexity index is 506. The van der Waals surface area contributed by atoms with E-state index in [1.54, 1.807) is 12.1 Å². The molecule has 0 bridgehead atoms. The fourth-order valence-electron chi connectivity index (χ4n) is 2.06. The van der Waals surface area contributed by atoms with Crippen molar-refractivity contribution in [3.8, 4) is 0 Å². The molecule has 1 rings (SSSR count). The number of carbonyl (C=O) groups is 2. The fourth-order valence-corrected chi connectivity index (χ4v) is 2.14. The largest absolute Gasteiger partial charge is 0.478 e. The highest BCUT2D eigenvalue weighted by Crippen LogP contribution is 2.14. The molecule has 5 nitrogen and oxygen atoms in total. The second kappa shape index (κ2) is 13.7. The summed E-state index contributed by atoms with van der Waals surface area (Å²) in [5.41, 5.74) is 6.39. The number of nitrogen functional groups attached to an aromatic ring is 1. The Balaban J connectivity index is 0.000000441. The third-order valence-corrected chi connectivity index (χ3v) is 3.58. The van der Waals surface area contributed by atoms with Gasteiger partial charge in [0.05, 0.1) is 12.2 Å². The fraction of sp³-hybridized carbons (Fsp3) is 0.556. The normalized spacial score (nSPS) is 9.79. The van der Waals surface area contributed by atoms with Gasteiger partial charge in [0.2, 0.25) is 0 Å². The molecule has 0 amide bonds. The maximum Gasteiger partial charge on any atom is 0.403 e. The molecule has 0 unspecified atom stereocenters. The van der Waals surface area contributed by atoms with Gasteiger partial charge >= 0.3 is 11.4 Å². The average Bonchev–Trinajstić information content (AvgIpc) is 2.54. The number of carboxylic acids is 1. The zero-order valence-electron chi connectivity index (χ0n) is 14.5. The Morgan fingerprint density at radius 1 is 1.12 bits per heavy atom. The third kappa shape index (κ3) is 10.9. The van der Waals surface area contributed by atoms with Crippen molar-refractivity contribution < 1.29 is 19.4 Å². The summed E-state index contributed by atoms with van der Waals surface area (Å²) < 4.78 is 4.57. The Morgan fingerprint density at radius 3 is 2.25 bits per heavy atom. The average molecular weight is 358 g/mol. The number of benzene rings is 1. The number of hydrogen-bond donors (Lipinski definition) is 2. The van der Waals surface area contributed by atoms with E-state index in [9.17, 15) is 9.59 Å². The van der Waals surface area contributed by atoms with Crippen molar-refractivity contribution in [2.45, 2.75) is 58.8 Å². The van der Waals surface area contributed by atoms with Gasteiger partial charge in [-0.1, -0.05) is 52.0 Å². The summed E-state index contributed by atoms with van der Waals surface area (Å²) >= 11 is 4.98. The lowest BCUT2D eigenvalue weighted by Crippen LogP contribution is -2.02. The number of unbranched alkanes of at least 4 members (excludes halogenated alkanes) is 5. The lowest BCUT2D eigenvalue weighted by atomic mass is 10.1. The molecular formula is C18H28ClNO4. The number of rotatable bonds is 9. The minimum absolute atomic E-state index is 0.173. The van der Waals surface area contributed by atoms with Gasteiger partial charge in [-0.3, -0.25) is 0 Å². The molecule has 0 spiro atoms. The van der Waals surface area contributed by atoms with E-state index in [0.717, 1.165) is 24.8 Å². The van der Waals surface area contributed by atoms with Crippen molar-refractivity contribution in [2.75, 3.05) is 12.3 Å². The zero-order valence-corrected chi connectivity index (χ0v) is 15.3. The molecule has 0 aromatic heterocycles. The first-order valence-electron chi connectivity index (χ1n) is 8.36. The first kappa shape index (κ1) is 22.2. The number of aromatic carboxylic acids is 1. The van der Waals surface area contributed by atoms with Crippen LogP contribution in [-0.4, -0.2) is 23.1 Å². The van der Waals surface area contributed by atoms with Gasteiger partial charge in [-0.15, -0.1) is 0 Å². The minimum atomic E-state index is -0.977. The van der Waals surface area contributed by atoms with E-state index >= 15 is 0 Å². The lowest BCUT2D eigenvalue weighted by Gasteiger charge is -2.02. The summed E-state index contributed by atoms with van der Waals surface area (Å²) in [6, 6.07) is 5.01. The van der Waals surface area contributed by atoms with Crippen molar-refractivity contribution in [3.05, 3.63) is 29.3 Å². The highest BCUT2D eigenvalue weighted by atomic mass is 35.5. The van der Waals surface area contributed by atoms with Crippen LogP contribution in [0.1, 0.15) is 68.3 Å². The molecule has 0 radical (unpaired) electrons. The van der Waals surface area contributed by atoms with Gasteiger partial charge in [-0.25, -0.2) is 9.59 Å². The quantitative estimate of drug-likeness (QED) is 0.358. The summed E-state index contributed by atoms with van der Waals surface area (Å²) in [6.07, 6.45) is 8.00. The van der Waals surface area contributed by atoms with Crippen LogP contribution in [0, 0.1) is 0 Å². The first-order chi connectivity index (χ1) is 11.4. The smallest absolute Gasteiger partial charge is 0.403 e. The number of carboxylic acid groups (broad SMARTS) is 1. The molecule has 3 N–H and O–H groups in total. The summed E-state index contributed by atoms with van der Waals surface area (Å²) in [6.45, 7) is 4.65. The first-order valence-corrected chi connectivity index (χ1v) is 8.74. The summed E-state index contributed by atoms with van der Waals surface area (Å²) in [5, 5.41) is 8.65. The Kier molecular flexibility index (Phi) is 12.7. The van der Waals surface area contributed by atoms with E-state index < -0.39 is 11.4 Å². The second-order valence-corrected chi connectivity index (χ2v) is 5.74. The molecule has 0 aliphatic heterocycles. The number of anilines is 1. The molecule has 24 heavy (non-hydrogen) atoms. The van der Waals surface area contributed by atoms with Crippen molar-refractivity contribution in [1.82, 2.24) is 0 Å². The van der Waals surface area contributed by atoms with Gasteiger partial charge in [0, 0.05) is 17.3 Å². The molecule has 6 heteroatoms. The SMILES string of the molecule is CCCCCCCCOC(=O)Cl.CCc1ccc(C(=O)O)c(N)c1. The summed E-state index contributed by atoms with van der Waals surface area (Å²) in [7, 11) is 0. The van der Waals surface area contributed by atoms with Crippen molar-refractivity contribution in [2.24, 2.45) is 0 Å². The maximum absolute atomic E-state index is 10.5. The standard InChI is InChI=1S/C9H17ClO2.C9H11NO2/c1-2-3-4-5-6-7-8-12-9(10)11;1-2-6-3-4-7(9(11)12)8(10)5-6/h2-8H2,1H3;3-5H,2,10H2,1H3,(H,11,12). The maximum atomic E-state index is 10.5. The summed E-state index contributed by atoms with van der Waals surface area (Å²) in [4.78, 5) is 20.7. The summed E-state index contributed by atoms with van der Waals surface area (Å²) in [5.74, 6) is -0.977. The minimum Gasteiger partial charge on any atom is -0.478 e. The van der Waals surface area contributed by atoms with Crippen LogP contribution in [0.25, 0.3) is 0 Å². The van der Waals surface area contributed by atoms with Crippen LogP contribution in [0.4, 0.5) is 10.5 Å². The van der Waals surface area contributed by atoms with Crippen LogP contribution in [-0.2, 0) is 11.2 Å². The number of carbonyl (C=O) groups excluding carboxylic acids is 1. The van der Waals surface area contributed by atoms with Gasteiger partial charge in [0.15, 0.2) is 0 Å². The zero-order chi connectivity index (χ0) is 18.4. The topological polar surface area (TPSA) is 89.6 Å². The van der Waals surface area contributed by atoms with E-state index in [1.165, 1.54) is 31.7 Å². The molecule has 0 saturated heterocycles. The monoisotopic (exact) mass is 357 g/mol. The molecule has 0 aliphatic carbocycles. The predicted molar refractivity (Wildman–Crippen MR) is 97.8 cm³/mol. The second-order valence-electron chi connectivity index (χ2n) is 5.43. The van der Waals surface area contributed by atoms with E-state index in [-0.39, 0.29) is 5.56 Å².